The second-order valence-corrected chi connectivity index (χ2v) is 8.31. The molecule has 0 bridgehead atoms. The van der Waals surface area contributed by atoms with E-state index in [1.165, 1.54) is 42.1 Å². The fraction of sp³-hybridized carbons (Fsp3) is 0.217. The average molecular weight is 464 g/mol. The molecule has 3 aromatic carbocycles. The quantitative estimate of drug-likeness (QED) is 0.330. The SMILES string of the molecule is CSc1cccc(NCC(O)(c2ccc3c(c2)CNN3c2ccc(F)cc2)C(F)(F)F)c1. The maximum absolute atomic E-state index is 14.0. The number of nitrogens with one attached hydrogen (secondary N) is 2. The Morgan fingerprint density at radius 1 is 1.06 bits per heavy atom. The van der Waals surface area contributed by atoms with E-state index in [2.05, 4.69) is 10.7 Å². The zero-order chi connectivity index (χ0) is 22.9. The van der Waals surface area contributed by atoms with Gasteiger partial charge in [-0.3, -0.25) is 5.01 Å². The summed E-state index contributed by atoms with van der Waals surface area (Å²) in [6, 6.07) is 16.9. The highest BCUT2D eigenvalue weighted by Gasteiger charge is 2.55. The first-order chi connectivity index (χ1) is 15.2. The summed E-state index contributed by atoms with van der Waals surface area (Å²) >= 11 is 1.47. The molecular formula is C23H21F4N3OS. The van der Waals surface area contributed by atoms with E-state index in [1.807, 2.05) is 12.3 Å². The zero-order valence-electron chi connectivity index (χ0n) is 17.1. The Morgan fingerprint density at radius 2 is 1.81 bits per heavy atom. The summed E-state index contributed by atoms with van der Waals surface area (Å²) in [5, 5.41) is 15.2. The molecule has 3 N–H and O–H groups in total. The first kappa shape index (κ1) is 22.4. The van der Waals surface area contributed by atoms with Crippen molar-refractivity contribution in [3.05, 3.63) is 83.7 Å². The molecule has 9 heteroatoms. The average Bonchev–Trinajstić information content (AvgIpc) is 3.20. The molecule has 0 radical (unpaired) electrons. The van der Waals surface area contributed by atoms with Gasteiger partial charge in [-0.15, -0.1) is 11.8 Å². The third-order valence-corrected chi connectivity index (χ3v) is 6.12. The maximum atomic E-state index is 14.0. The Labute approximate surface area is 187 Å². The molecule has 1 unspecified atom stereocenters. The van der Waals surface area contributed by atoms with E-state index in [9.17, 15) is 22.7 Å². The second-order valence-electron chi connectivity index (χ2n) is 7.43. The second kappa shape index (κ2) is 8.65. The molecule has 0 saturated carbocycles. The van der Waals surface area contributed by atoms with Crippen LogP contribution < -0.4 is 15.8 Å². The standard InChI is InChI=1S/C23H21F4N3OS/c1-32-20-4-2-3-18(12-20)28-14-22(31,23(25,26)27)16-5-10-21-15(11-16)13-29-30(21)19-8-6-17(24)7-9-19/h2-12,28-29,31H,13-14H2,1H3. The minimum atomic E-state index is -4.89. The van der Waals surface area contributed by atoms with Crippen LogP contribution in [-0.4, -0.2) is 24.1 Å². The summed E-state index contributed by atoms with van der Waals surface area (Å²) in [6.45, 7) is -0.458. The summed E-state index contributed by atoms with van der Waals surface area (Å²) in [4.78, 5) is 0.898. The van der Waals surface area contributed by atoms with Crippen molar-refractivity contribution in [1.29, 1.82) is 0 Å². The van der Waals surface area contributed by atoms with E-state index in [0.29, 0.717) is 22.6 Å². The molecule has 1 atom stereocenters. The van der Waals surface area contributed by atoms with Crippen molar-refractivity contribution in [3.63, 3.8) is 0 Å². The molecule has 3 aromatic rings. The van der Waals surface area contributed by atoms with Crippen molar-refractivity contribution in [1.82, 2.24) is 5.43 Å². The number of fused-ring (bicyclic) bond motifs is 1. The number of alkyl halides is 3. The van der Waals surface area contributed by atoms with E-state index >= 15 is 0 Å². The summed E-state index contributed by atoms with van der Waals surface area (Å²) in [5.74, 6) is -0.380. The summed E-state index contributed by atoms with van der Waals surface area (Å²) in [5.41, 5.74) is 2.13. The van der Waals surface area contributed by atoms with Gasteiger partial charge in [0.1, 0.15) is 5.82 Å². The molecule has 1 aliphatic rings. The first-order valence-corrected chi connectivity index (χ1v) is 11.0. The molecule has 0 saturated heterocycles. The van der Waals surface area contributed by atoms with Crippen LogP contribution in [0.4, 0.5) is 34.6 Å². The third kappa shape index (κ3) is 4.28. The van der Waals surface area contributed by atoms with Crippen molar-refractivity contribution in [2.75, 3.05) is 23.1 Å². The largest absolute Gasteiger partial charge is 0.423 e. The number of thioether (sulfide) groups is 1. The fourth-order valence-electron chi connectivity index (χ4n) is 3.60. The van der Waals surface area contributed by atoms with Gasteiger partial charge in [-0.05, 0) is 72.0 Å². The molecule has 1 aliphatic heterocycles. The van der Waals surface area contributed by atoms with Crippen LogP contribution >= 0.6 is 11.8 Å². The van der Waals surface area contributed by atoms with Gasteiger partial charge >= 0.3 is 6.18 Å². The van der Waals surface area contributed by atoms with Crippen LogP contribution in [0.3, 0.4) is 0 Å². The lowest BCUT2D eigenvalue weighted by molar-refractivity contribution is -0.260. The number of hydrogen-bond donors (Lipinski definition) is 3. The predicted octanol–water partition coefficient (Wildman–Crippen LogP) is 5.57. The number of halogens is 4. The maximum Gasteiger partial charge on any atom is 0.423 e. The highest BCUT2D eigenvalue weighted by molar-refractivity contribution is 7.98. The van der Waals surface area contributed by atoms with E-state index in [1.54, 1.807) is 35.3 Å². The lowest BCUT2D eigenvalue weighted by Gasteiger charge is -2.32. The van der Waals surface area contributed by atoms with Crippen LogP contribution in [0.1, 0.15) is 11.1 Å². The zero-order valence-corrected chi connectivity index (χ0v) is 17.9. The van der Waals surface area contributed by atoms with E-state index in [0.717, 1.165) is 4.90 Å². The monoisotopic (exact) mass is 463 g/mol. The molecular weight excluding hydrogens is 442 g/mol. The molecule has 0 aliphatic carbocycles. The van der Waals surface area contributed by atoms with Gasteiger partial charge in [0.25, 0.3) is 0 Å². The first-order valence-electron chi connectivity index (χ1n) is 9.81. The Kier molecular flexibility index (Phi) is 6.07. The summed E-state index contributed by atoms with van der Waals surface area (Å²) in [6.07, 6.45) is -3.02. The van der Waals surface area contributed by atoms with Crippen molar-refractivity contribution in [2.24, 2.45) is 0 Å². The minimum absolute atomic E-state index is 0.250. The Balaban J connectivity index is 1.62. The Hall–Kier alpha value is -2.75. The molecule has 168 valence electrons. The molecule has 1 heterocycles. The number of benzene rings is 3. The number of hydrogen-bond acceptors (Lipinski definition) is 5. The normalized spacial score (nSPS) is 15.4. The topological polar surface area (TPSA) is 47.5 Å². The van der Waals surface area contributed by atoms with E-state index in [4.69, 9.17) is 0 Å². The van der Waals surface area contributed by atoms with Gasteiger partial charge in [0, 0.05) is 17.1 Å². The van der Waals surface area contributed by atoms with Crippen LogP contribution in [-0.2, 0) is 12.1 Å². The van der Waals surface area contributed by atoms with Crippen LogP contribution in [0, 0.1) is 5.82 Å². The van der Waals surface area contributed by atoms with Gasteiger partial charge < -0.3 is 10.4 Å². The smallest absolute Gasteiger partial charge is 0.381 e. The molecule has 32 heavy (non-hydrogen) atoms. The van der Waals surface area contributed by atoms with Gasteiger partial charge in [0.15, 0.2) is 0 Å². The highest BCUT2D eigenvalue weighted by atomic mass is 32.2. The number of aliphatic hydroxyl groups is 1. The Bertz CT molecular complexity index is 1110. The number of nitrogens with zero attached hydrogens (tertiary/aromatic N) is 1. The van der Waals surface area contributed by atoms with Crippen molar-refractivity contribution < 1.29 is 22.7 Å². The lowest BCUT2D eigenvalue weighted by atomic mass is 9.91. The van der Waals surface area contributed by atoms with Gasteiger partial charge in [0.05, 0.1) is 17.9 Å². The van der Waals surface area contributed by atoms with Crippen molar-refractivity contribution in [2.45, 2.75) is 23.2 Å². The van der Waals surface area contributed by atoms with Crippen molar-refractivity contribution >= 4 is 28.8 Å². The lowest BCUT2D eigenvalue weighted by Crippen LogP contribution is -2.47. The molecule has 4 rings (SSSR count). The molecule has 4 nitrogen and oxygen atoms in total. The van der Waals surface area contributed by atoms with Gasteiger partial charge in [-0.2, -0.15) is 13.2 Å². The third-order valence-electron chi connectivity index (χ3n) is 5.40. The molecule has 0 spiro atoms. The van der Waals surface area contributed by atoms with Gasteiger partial charge in [-0.1, -0.05) is 12.1 Å². The minimum Gasteiger partial charge on any atom is -0.381 e. The van der Waals surface area contributed by atoms with Crippen LogP contribution in [0.25, 0.3) is 0 Å². The van der Waals surface area contributed by atoms with Gasteiger partial charge in [-0.25, -0.2) is 9.82 Å². The summed E-state index contributed by atoms with van der Waals surface area (Å²) < 4.78 is 55.3. The van der Waals surface area contributed by atoms with Crippen molar-refractivity contribution in [3.8, 4) is 0 Å². The van der Waals surface area contributed by atoms with E-state index < -0.39 is 18.3 Å². The summed E-state index contributed by atoms with van der Waals surface area (Å²) in [7, 11) is 0. The molecule has 0 fully saturated rings. The Morgan fingerprint density at radius 3 is 2.50 bits per heavy atom. The molecule has 0 aromatic heterocycles. The number of anilines is 3. The number of rotatable bonds is 6. The van der Waals surface area contributed by atoms with Crippen LogP contribution in [0.5, 0.6) is 0 Å². The van der Waals surface area contributed by atoms with Gasteiger partial charge in [0.2, 0.25) is 5.60 Å². The highest BCUT2D eigenvalue weighted by Crippen LogP contribution is 2.42. The molecule has 0 amide bonds. The van der Waals surface area contributed by atoms with E-state index in [-0.39, 0.29) is 17.9 Å². The number of hydrazine groups is 1. The van der Waals surface area contributed by atoms with Crippen LogP contribution in [0.2, 0.25) is 0 Å². The van der Waals surface area contributed by atoms with Crippen LogP contribution in [0.15, 0.2) is 71.6 Å². The fourth-order valence-corrected chi connectivity index (χ4v) is 4.06. The predicted molar refractivity (Wildman–Crippen MR) is 118 cm³/mol.